The van der Waals surface area contributed by atoms with Crippen molar-refractivity contribution in [2.75, 3.05) is 11.9 Å². The molecule has 7 nitrogen and oxygen atoms in total. The Kier molecular flexibility index (Phi) is 4.14. The van der Waals surface area contributed by atoms with E-state index in [9.17, 15) is 9.59 Å². The van der Waals surface area contributed by atoms with Crippen LogP contribution in [0.2, 0.25) is 0 Å². The van der Waals surface area contributed by atoms with Gasteiger partial charge in [-0.15, -0.1) is 11.3 Å². The Morgan fingerprint density at radius 2 is 2.25 bits per heavy atom. The van der Waals surface area contributed by atoms with Gasteiger partial charge in [-0.05, 0) is 19.9 Å². The van der Waals surface area contributed by atoms with Gasteiger partial charge < -0.3 is 4.74 Å². The molecule has 0 aromatic carbocycles. The molecule has 0 saturated heterocycles. The third-order valence-corrected chi connectivity index (χ3v) is 3.20. The van der Waals surface area contributed by atoms with Crippen molar-refractivity contribution in [1.82, 2.24) is 14.8 Å². The second-order valence-corrected chi connectivity index (χ2v) is 4.87. The van der Waals surface area contributed by atoms with E-state index in [0.717, 1.165) is 5.69 Å². The predicted octanol–water partition coefficient (Wildman–Crippen LogP) is 1.61. The molecule has 0 spiro atoms. The summed E-state index contributed by atoms with van der Waals surface area (Å²) < 4.78 is 6.32. The maximum Gasteiger partial charge on any atom is 0.357 e. The molecule has 0 aliphatic carbocycles. The normalized spacial score (nSPS) is 10.3. The standard InChI is InChI=1S/C12H14N4O3S/c1-4-19-11(18)8-6-20-12(13-8)14-10(17)9-5-7(2)15-16(9)3/h5-6H,4H2,1-3H3,(H,13,14,17). The summed E-state index contributed by atoms with van der Waals surface area (Å²) in [5.74, 6) is -0.821. The Bertz CT molecular complexity index is 647. The average Bonchev–Trinajstić information content (AvgIpc) is 2.96. The lowest BCUT2D eigenvalue weighted by atomic mass is 10.3. The molecule has 0 unspecified atom stereocenters. The number of aromatic nitrogens is 3. The molecule has 20 heavy (non-hydrogen) atoms. The first kappa shape index (κ1) is 14.2. The summed E-state index contributed by atoms with van der Waals surface area (Å²) in [6.07, 6.45) is 0. The molecule has 0 aliphatic heterocycles. The number of esters is 1. The number of ether oxygens (including phenoxy) is 1. The first-order valence-corrected chi connectivity index (χ1v) is 6.84. The van der Waals surface area contributed by atoms with Crippen molar-refractivity contribution < 1.29 is 14.3 Å². The minimum Gasteiger partial charge on any atom is -0.461 e. The number of nitrogens with one attached hydrogen (secondary N) is 1. The summed E-state index contributed by atoms with van der Waals surface area (Å²) in [5, 5.41) is 8.61. The van der Waals surface area contributed by atoms with Crippen LogP contribution in [0, 0.1) is 6.92 Å². The zero-order valence-electron chi connectivity index (χ0n) is 11.3. The number of thiazole rings is 1. The van der Waals surface area contributed by atoms with Crippen LogP contribution < -0.4 is 5.32 Å². The number of aryl methyl sites for hydroxylation is 2. The number of amides is 1. The SMILES string of the molecule is CCOC(=O)c1csc(NC(=O)c2cc(C)nn2C)n1. The van der Waals surface area contributed by atoms with E-state index in [0.29, 0.717) is 10.8 Å². The molecule has 0 bridgehead atoms. The van der Waals surface area contributed by atoms with Crippen molar-refractivity contribution >= 4 is 28.3 Å². The average molecular weight is 294 g/mol. The van der Waals surface area contributed by atoms with Crippen LogP contribution in [0.4, 0.5) is 5.13 Å². The Morgan fingerprint density at radius 3 is 2.85 bits per heavy atom. The molecule has 1 N–H and O–H groups in total. The van der Waals surface area contributed by atoms with Gasteiger partial charge in [0.05, 0.1) is 12.3 Å². The van der Waals surface area contributed by atoms with Crippen molar-refractivity contribution in [1.29, 1.82) is 0 Å². The zero-order valence-corrected chi connectivity index (χ0v) is 12.2. The van der Waals surface area contributed by atoms with Gasteiger partial charge in [-0.1, -0.05) is 0 Å². The fourth-order valence-corrected chi connectivity index (χ4v) is 2.29. The minimum absolute atomic E-state index is 0.188. The van der Waals surface area contributed by atoms with E-state index in [4.69, 9.17) is 4.74 Å². The molecule has 0 atom stereocenters. The number of hydrogen-bond donors (Lipinski definition) is 1. The van der Waals surface area contributed by atoms with Crippen LogP contribution in [0.5, 0.6) is 0 Å². The summed E-state index contributed by atoms with van der Waals surface area (Å²) in [4.78, 5) is 27.5. The van der Waals surface area contributed by atoms with Gasteiger partial charge in [0.1, 0.15) is 5.69 Å². The van der Waals surface area contributed by atoms with Crippen molar-refractivity contribution in [2.24, 2.45) is 7.05 Å². The minimum atomic E-state index is -0.499. The third kappa shape index (κ3) is 3.02. The summed E-state index contributed by atoms with van der Waals surface area (Å²) in [6, 6.07) is 1.68. The molecular weight excluding hydrogens is 280 g/mol. The smallest absolute Gasteiger partial charge is 0.357 e. The van der Waals surface area contributed by atoms with E-state index in [1.807, 2.05) is 0 Å². The number of carbonyl (C=O) groups excluding carboxylic acids is 2. The molecule has 106 valence electrons. The molecule has 8 heteroatoms. The van der Waals surface area contributed by atoms with Crippen LogP contribution in [-0.2, 0) is 11.8 Å². The third-order valence-electron chi connectivity index (χ3n) is 2.44. The summed E-state index contributed by atoms with van der Waals surface area (Å²) in [7, 11) is 1.69. The highest BCUT2D eigenvalue weighted by molar-refractivity contribution is 7.14. The lowest BCUT2D eigenvalue weighted by Crippen LogP contribution is -2.16. The Labute approximate surface area is 119 Å². The van der Waals surface area contributed by atoms with E-state index in [1.165, 1.54) is 16.0 Å². The predicted molar refractivity (Wildman–Crippen MR) is 74.0 cm³/mol. The Morgan fingerprint density at radius 1 is 1.50 bits per heavy atom. The second-order valence-electron chi connectivity index (χ2n) is 4.01. The van der Waals surface area contributed by atoms with E-state index >= 15 is 0 Å². The van der Waals surface area contributed by atoms with Crippen LogP contribution >= 0.6 is 11.3 Å². The fraction of sp³-hybridized carbons (Fsp3) is 0.333. The topological polar surface area (TPSA) is 86.1 Å². The van der Waals surface area contributed by atoms with Crippen LogP contribution in [-0.4, -0.2) is 33.2 Å². The molecule has 2 aromatic heterocycles. The lowest BCUT2D eigenvalue weighted by Gasteiger charge is -2.01. The first-order valence-electron chi connectivity index (χ1n) is 5.96. The molecule has 2 rings (SSSR count). The van der Waals surface area contributed by atoms with E-state index in [-0.39, 0.29) is 18.2 Å². The molecule has 2 heterocycles. The summed E-state index contributed by atoms with van der Waals surface area (Å²) >= 11 is 1.17. The molecule has 0 radical (unpaired) electrons. The highest BCUT2D eigenvalue weighted by Gasteiger charge is 2.16. The summed E-state index contributed by atoms with van der Waals surface area (Å²) in [5.41, 5.74) is 1.37. The number of carbonyl (C=O) groups is 2. The van der Waals surface area contributed by atoms with Gasteiger partial charge in [-0.3, -0.25) is 14.8 Å². The van der Waals surface area contributed by atoms with Crippen LogP contribution in [0.1, 0.15) is 33.6 Å². The van der Waals surface area contributed by atoms with Crippen molar-refractivity contribution in [3.05, 3.63) is 28.5 Å². The first-order chi connectivity index (χ1) is 9.51. The van der Waals surface area contributed by atoms with E-state index in [2.05, 4.69) is 15.4 Å². The van der Waals surface area contributed by atoms with Crippen molar-refractivity contribution in [2.45, 2.75) is 13.8 Å². The molecule has 1 amide bonds. The van der Waals surface area contributed by atoms with Crippen molar-refractivity contribution in [3.8, 4) is 0 Å². The number of nitrogens with zero attached hydrogens (tertiary/aromatic N) is 3. The number of rotatable bonds is 4. The largest absolute Gasteiger partial charge is 0.461 e. The van der Waals surface area contributed by atoms with Gasteiger partial charge in [0, 0.05) is 12.4 Å². The van der Waals surface area contributed by atoms with Crippen molar-refractivity contribution in [3.63, 3.8) is 0 Å². The van der Waals surface area contributed by atoms with E-state index < -0.39 is 5.97 Å². The highest BCUT2D eigenvalue weighted by Crippen LogP contribution is 2.17. The Balaban J connectivity index is 2.09. The quantitative estimate of drug-likeness (QED) is 0.866. The van der Waals surface area contributed by atoms with Crippen LogP contribution in [0.15, 0.2) is 11.4 Å². The molecular formula is C12H14N4O3S. The fourth-order valence-electron chi connectivity index (χ4n) is 1.61. The second kappa shape index (κ2) is 5.83. The Hall–Kier alpha value is -2.22. The van der Waals surface area contributed by atoms with Crippen LogP contribution in [0.25, 0.3) is 0 Å². The summed E-state index contributed by atoms with van der Waals surface area (Å²) in [6.45, 7) is 3.81. The van der Waals surface area contributed by atoms with Gasteiger partial charge >= 0.3 is 5.97 Å². The van der Waals surface area contributed by atoms with Gasteiger partial charge in [0.15, 0.2) is 10.8 Å². The maximum atomic E-state index is 12.0. The van der Waals surface area contributed by atoms with Crippen LogP contribution in [0.3, 0.4) is 0 Å². The molecule has 2 aromatic rings. The van der Waals surface area contributed by atoms with Gasteiger partial charge in [0.2, 0.25) is 0 Å². The van der Waals surface area contributed by atoms with Gasteiger partial charge in [0.25, 0.3) is 5.91 Å². The van der Waals surface area contributed by atoms with Gasteiger partial charge in [-0.25, -0.2) is 9.78 Å². The lowest BCUT2D eigenvalue weighted by molar-refractivity contribution is 0.0520. The highest BCUT2D eigenvalue weighted by atomic mass is 32.1. The number of anilines is 1. The molecule has 0 saturated carbocycles. The monoisotopic (exact) mass is 294 g/mol. The van der Waals surface area contributed by atoms with Gasteiger partial charge in [-0.2, -0.15) is 5.10 Å². The molecule has 0 fully saturated rings. The number of hydrogen-bond acceptors (Lipinski definition) is 6. The molecule has 0 aliphatic rings. The maximum absolute atomic E-state index is 12.0. The zero-order chi connectivity index (χ0) is 14.7. The van der Waals surface area contributed by atoms with E-state index in [1.54, 1.807) is 32.3 Å².